The number of nitrogens with zero attached hydrogens (tertiary/aromatic N) is 3. The highest BCUT2D eigenvalue weighted by molar-refractivity contribution is 7.90. The van der Waals surface area contributed by atoms with Crippen LogP contribution >= 0.6 is 0 Å². The number of nitrogens with one attached hydrogen (secondary N) is 2. The van der Waals surface area contributed by atoms with E-state index in [1.165, 1.54) is 4.90 Å². The van der Waals surface area contributed by atoms with Crippen LogP contribution in [0.2, 0.25) is 0 Å². The number of ether oxygens (including phenoxy) is 2. The lowest BCUT2D eigenvalue weighted by Gasteiger charge is -2.30. The Morgan fingerprint density at radius 1 is 1.22 bits per heavy atom. The van der Waals surface area contributed by atoms with Gasteiger partial charge in [-0.15, -0.1) is 0 Å². The summed E-state index contributed by atoms with van der Waals surface area (Å²) in [5, 5.41) is 5.77. The van der Waals surface area contributed by atoms with E-state index in [1.54, 1.807) is 46.9 Å². The second-order valence-corrected chi connectivity index (χ2v) is 13.5. The van der Waals surface area contributed by atoms with Crippen molar-refractivity contribution in [2.24, 2.45) is 0 Å². The molecule has 13 nitrogen and oxygen atoms in total. The first-order valence-corrected chi connectivity index (χ1v) is 15.6. The van der Waals surface area contributed by atoms with E-state index in [9.17, 15) is 22.8 Å². The standard InChI is InChI=1S/C27H41N5O8S/c1-18-19(17-28-26(35)40-27(2,3)4)7-8-20-22(18)24(34)39-25(29-20)30-21(9-16-41(6,36)37)23(33)31(5)10-11-32-12-14-38-15-13-32/h7-8,21H,9-17H2,1-6H3,(H,28,35)(H,29,30)/t21-/m0/s1. The number of hydrogen-bond donors (Lipinski definition) is 2. The third-order valence-corrected chi connectivity index (χ3v) is 7.57. The molecule has 0 bridgehead atoms. The lowest BCUT2D eigenvalue weighted by Crippen LogP contribution is -2.46. The number of rotatable bonds is 11. The van der Waals surface area contributed by atoms with Gasteiger partial charge in [-0.1, -0.05) is 6.07 Å². The summed E-state index contributed by atoms with van der Waals surface area (Å²) in [6.07, 6.45) is 0.488. The van der Waals surface area contributed by atoms with Gasteiger partial charge in [0, 0.05) is 46.0 Å². The quantitative estimate of drug-likeness (QED) is 0.388. The van der Waals surface area contributed by atoms with Crippen LogP contribution in [0.5, 0.6) is 0 Å². The first kappa shape index (κ1) is 32.3. The third-order valence-electron chi connectivity index (χ3n) is 6.60. The zero-order valence-corrected chi connectivity index (χ0v) is 25.4. The van der Waals surface area contributed by atoms with Crippen LogP contribution in [-0.2, 0) is 30.7 Å². The van der Waals surface area contributed by atoms with E-state index in [4.69, 9.17) is 13.9 Å². The summed E-state index contributed by atoms with van der Waals surface area (Å²) < 4.78 is 39.8. The minimum Gasteiger partial charge on any atom is -0.444 e. The molecule has 2 heterocycles. The van der Waals surface area contributed by atoms with E-state index in [1.807, 2.05) is 0 Å². The van der Waals surface area contributed by atoms with Crippen molar-refractivity contribution < 1.29 is 31.9 Å². The van der Waals surface area contributed by atoms with Crippen LogP contribution in [-0.4, -0.2) is 105 Å². The summed E-state index contributed by atoms with van der Waals surface area (Å²) in [5.41, 5.74) is 0.274. The van der Waals surface area contributed by atoms with E-state index in [-0.39, 0.29) is 36.0 Å². The van der Waals surface area contributed by atoms with Crippen LogP contribution in [0.1, 0.15) is 38.3 Å². The van der Waals surface area contributed by atoms with Crippen LogP contribution in [0.25, 0.3) is 10.9 Å². The smallest absolute Gasteiger partial charge is 0.407 e. The number of hydrogen-bond acceptors (Lipinski definition) is 11. The van der Waals surface area contributed by atoms with E-state index in [0.717, 1.165) is 19.3 Å². The summed E-state index contributed by atoms with van der Waals surface area (Å²) in [4.78, 5) is 46.5. The number of sulfone groups is 1. The maximum absolute atomic E-state index is 13.3. The fourth-order valence-corrected chi connectivity index (χ4v) is 4.99. The summed E-state index contributed by atoms with van der Waals surface area (Å²) >= 11 is 0. The maximum Gasteiger partial charge on any atom is 0.407 e. The lowest BCUT2D eigenvalue weighted by molar-refractivity contribution is -0.131. The van der Waals surface area contributed by atoms with Crippen LogP contribution in [0, 0.1) is 6.92 Å². The monoisotopic (exact) mass is 595 g/mol. The van der Waals surface area contributed by atoms with Crippen LogP contribution < -0.4 is 16.3 Å². The highest BCUT2D eigenvalue weighted by Crippen LogP contribution is 2.20. The molecular weight excluding hydrogens is 554 g/mol. The Morgan fingerprint density at radius 2 is 1.90 bits per heavy atom. The zero-order valence-electron chi connectivity index (χ0n) is 24.6. The van der Waals surface area contributed by atoms with Crippen LogP contribution in [0.15, 0.2) is 21.3 Å². The normalized spacial score (nSPS) is 15.4. The molecule has 0 radical (unpaired) electrons. The van der Waals surface area contributed by atoms with Gasteiger partial charge in [0.05, 0.1) is 29.9 Å². The predicted molar refractivity (Wildman–Crippen MR) is 155 cm³/mol. The molecule has 0 spiro atoms. The highest BCUT2D eigenvalue weighted by Gasteiger charge is 2.26. The van der Waals surface area contributed by atoms with Gasteiger partial charge in [-0.2, -0.15) is 4.98 Å². The largest absolute Gasteiger partial charge is 0.444 e. The Morgan fingerprint density at radius 3 is 2.54 bits per heavy atom. The number of morpholine rings is 1. The van der Waals surface area contributed by atoms with E-state index in [2.05, 4.69) is 20.5 Å². The van der Waals surface area contributed by atoms with Gasteiger partial charge in [-0.05, 0) is 51.3 Å². The molecule has 1 aliphatic rings. The minimum absolute atomic E-state index is 0.0305. The molecular formula is C27H41N5O8S. The number of alkyl carbamates (subject to hydrolysis) is 1. The predicted octanol–water partition coefficient (Wildman–Crippen LogP) is 1.53. The van der Waals surface area contributed by atoms with E-state index < -0.39 is 33.2 Å². The van der Waals surface area contributed by atoms with Crippen molar-refractivity contribution in [1.29, 1.82) is 0 Å². The molecule has 2 amide bonds. The third kappa shape index (κ3) is 9.97. The molecule has 14 heteroatoms. The molecule has 41 heavy (non-hydrogen) atoms. The summed E-state index contributed by atoms with van der Waals surface area (Å²) in [5.74, 6) is -0.579. The average Bonchev–Trinajstić information content (AvgIpc) is 2.87. The molecule has 1 aromatic heterocycles. The summed E-state index contributed by atoms with van der Waals surface area (Å²) in [6, 6.07) is 2.19. The minimum atomic E-state index is -3.36. The first-order chi connectivity index (χ1) is 19.1. The SMILES string of the molecule is Cc1c(CNC(=O)OC(C)(C)C)ccc2nc(N[C@@H](CCS(C)(=O)=O)C(=O)N(C)CCN3CCOCC3)oc(=O)c12. The molecule has 0 aliphatic carbocycles. The number of benzene rings is 1. The zero-order chi connectivity index (χ0) is 30.4. The number of aryl methyl sites for hydroxylation is 1. The fraction of sp³-hybridized carbons (Fsp3) is 0.630. The Hall–Kier alpha value is -3.23. The molecule has 1 saturated heterocycles. The molecule has 1 atom stereocenters. The van der Waals surface area contributed by atoms with Crippen molar-refractivity contribution in [3.63, 3.8) is 0 Å². The Labute approximate surface area is 240 Å². The van der Waals surface area contributed by atoms with Gasteiger partial charge in [0.1, 0.15) is 21.5 Å². The van der Waals surface area contributed by atoms with Gasteiger partial charge < -0.3 is 29.4 Å². The molecule has 1 fully saturated rings. The van der Waals surface area contributed by atoms with Gasteiger partial charge in [-0.25, -0.2) is 18.0 Å². The van der Waals surface area contributed by atoms with E-state index >= 15 is 0 Å². The Balaban J connectivity index is 1.77. The van der Waals surface area contributed by atoms with Gasteiger partial charge >= 0.3 is 11.7 Å². The number of carbonyl (C=O) groups excluding carboxylic acids is 2. The highest BCUT2D eigenvalue weighted by atomic mass is 32.2. The fourth-order valence-electron chi connectivity index (χ4n) is 4.33. The maximum atomic E-state index is 13.3. The molecule has 2 aromatic rings. The van der Waals surface area contributed by atoms with Gasteiger partial charge in [0.15, 0.2) is 0 Å². The van der Waals surface area contributed by atoms with Gasteiger partial charge in [0.2, 0.25) is 5.91 Å². The molecule has 1 aromatic carbocycles. The van der Waals surface area contributed by atoms with Crippen molar-refractivity contribution in [2.75, 3.05) is 63.8 Å². The van der Waals surface area contributed by atoms with Gasteiger partial charge in [0.25, 0.3) is 6.01 Å². The molecule has 1 aliphatic heterocycles. The topological polar surface area (TPSA) is 160 Å². The average molecular weight is 596 g/mol. The number of fused-ring (bicyclic) bond motifs is 1. The molecule has 2 N–H and O–H groups in total. The molecule has 3 rings (SSSR count). The van der Waals surface area contributed by atoms with Crippen molar-refractivity contribution >= 4 is 38.8 Å². The van der Waals surface area contributed by atoms with E-state index in [0.29, 0.717) is 42.9 Å². The molecule has 0 unspecified atom stereocenters. The molecule has 0 saturated carbocycles. The van der Waals surface area contributed by atoms with Crippen LogP contribution in [0.4, 0.5) is 10.8 Å². The second kappa shape index (κ2) is 13.6. The first-order valence-electron chi connectivity index (χ1n) is 13.5. The molecule has 228 valence electrons. The summed E-state index contributed by atoms with van der Waals surface area (Å²) in [6.45, 7) is 11.1. The number of likely N-dealkylation sites (N-methyl/N-ethyl adjacent to an activating group) is 1. The number of anilines is 1. The summed E-state index contributed by atoms with van der Waals surface area (Å²) in [7, 11) is -1.71. The van der Waals surface area contributed by atoms with Crippen molar-refractivity contribution in [2.45, 2.75) is 52.3 Å². The number of carbonyl (C=O) groups is 2. The van der Waals surface area contributed by atoms with Crippen molar-refractivity contribution in [3.8, 4) is 0 Å². The Kier molecular flexibility index (Phi) is 10.7. The van der Waals surface area contributed by atoms with Crippen LogP contribution in [0.3, 0.4) is 0 Å². The number of amides is 2. The van der Waals surface area contributed by atoms with Crippen molar-refractivity contribution in [1.82, 2.24) is 20.1 Å². The van der Waals surface area contributed by atoms with Gasteiger partial charge in [-0.3, -0.25) is 9.69 Å². The lowest BCUT2D eigenvalue weighted by atomic mass is 10.0. The number of aromatic nitrogens is 1. The Bertz CT molecular complexity index is 1400. The second-order valence-electron chi connectivity index (χ2n) is 11.2. The van der Waals surface area contributed by atoms with Crippen molar-refractivity contribution in [3.05, 3.63) is 33.7 Å².